The lowest BCUT2D eigenvalue weighted by atomic mass is 10.1. The minimum Gasteiger partial charge on any atom is -0.508 e. The second-order valence-electron chi connectivity index (χ2n) is 2.94. The normalized spacial score (nSPS) is 10.2. The van der Waals surface area contributed by atoms with Gasteiger partial charge in [-0.25, -0.2) is 0 Å². The highest BCUT2D eigenvalue weighted by molar-refractivity contribution is 6.32. The number of hydrogen-bond acceptors (Lipinski definition) is 3. The van der Waals surface area contributed by atoms with E-state index in [0.717, 1.165) is 5.56 Å². The summed E-state index contributed by atoms with van der Waals surface area (Å²) in [6.45, 7) is 0.100. The van der Waals surface area contributed by atoms with Gasteiger partial charge in [0.05, 0.1) is 12.1 Å². The predicted molar refractivity (Wildman–Crippen MR) is 55.1 cm³/mol. The van der Waals surface area contributed by atoms with Gasteiger partial charge in [-0.1, -0.05) is 11.6 Å². The Morgan fingerprint density at radius 3 is 2.71 bits per heavy atom. The Morgan fingerprint density at radius 1 is 1.43 bits per heavy atom. The lowest BCUT2D eigenvalue weighted by Gasteiger charge is -2.08. The zero-order valence-corrected chi connectivity index (χ0v) is 8.71. The zero-order chi connectivity index (χ0) is 10.6. The molecular formula is C10H13ClO3. The molecule has 3 nitrogen and oxygen atoms in total. The van der Waals surface area contributed by atoms with Gasteiger partial charge in [0, 0.05) is 12.7 Å². The van der Waals surface area contributed by atoms with Crippen LogP contribution in [0.2, 0.25) is 5.02 Å². The highest BCUT2D eigenvalue weighted by Crippen LogP contribution is 2.32. The molecule has 0 aliphatic carbocycles. The van der Waals surface area contributed by atoms with Gasteiger partial charge in [0.15, 0.2) is 0 Å². The first kappa shape index (κ1) is 11.1. The van der Waals surface area contributed by atoms with Gasteiger partial charge in [-0.2, -0.15) is 0 Å². The number of aryl methyl sites for hydroxylation is 1. The summed E-state index contributed by atoms with van der Waals surface area (Å²) in [6.07, 6.45) is 1.21. The highest BCUT2D eigenvalue weighted by atomic mass is 35.5. The summed E-state index contributed by atoms with van der Waals surface area (Å²) in [7, 11) is 1.49. The molecule has 0 amide bonds. The van der Waals surface area contributed by atoms with E-state index in [4.69, 9.17) is 21.4 Å². The van der Waals surface area contributed by atoms with E-state index in [9.17, 15) is 5.11 Å². The Hall–Kier alpha value is -0.930. The van der Waals surface area contributed by atoms with Crippen molar-refractivity contribution in [3.05, 3.63) is 22.7 Å². The van der Waals surface area contributed by atoms with Crippen LogP contribution in [0, 0.1) is 0 Å². The summed E-state index contributed by atoms with van der Waals surface area (Å²) in [4.78, 5) is 0. The fourth-order valence-corrected chi connectivity index (χ4v) is 1.47. The van der Waals surface area contributed by atoms with Gasteiger partial charge in [0.1, 0.15) is 11.5 Å². The lowest BCUT2D eigenvalue weighted by Crippen LogP contribution is -1.92. The fraction of sp³-hybridized carbons (Fsp3) is 0.400. The van der Waals surface area contributed by atoms with E-state index >= 15 is 0 Å². The van der Waals surface area contributed by atoms with E-state index in [2.05, 4.69) is 0 Å². The number of aliphatic hydroxyl groups is 1. The monoisotopic (exact) mass is 216 g/mol. The average molecular weight is 217 g/mol. The Bertz CT molecular complexity index is 312. The van der Waals surface area contributed by atoms with Gasteiger partial charge in [0.2, 0.25) is 0 Å². The van der Waals surface area contributed by atoms with E-state index < -0.39 is 0 Å². The molecule has 0 atom stereocenters. The number of rotatable bonds is 4. The summed E-state index contributed by atoms with van der Waals surface area (Å²) in [5, 5.41) is 18.7. The second kappa shape index (κ2) is 5.08. The number of benzene rings is 1. The van der Waals surface area contributed by atoms with Crippen LogP contribution >= 0.6 is 11.6 Å². The molecule has 0 saturated carbocycles. The largest absolute Gasteiger partial charge is 0.508 e. The first-order valence-corrected chi connectivity index (χ1v) is 4.73. The van der Waals surface area contributed by atoms with Crippen molar-refractivity contribution in [2.24, 2.45) is 0 Å². The second-order valence-corrected chi connectivity index (χ2v) is 3.35. The summed E-state index contributed by atoms with van der Waals surface area (Å²) < 4.78 is 4.94. The molecule has 78 valence electrons. The first-order chi connectivity index (χ1) is 6.69. The van der Waals surface area contributed by atoms with Crippen LogP contribution in [0.4, 0.5) is 0 Å². The molecule has 0 saturated heterocycles. The molecule has 0 aliphatic rings. The van der Waals surface area contributed by atoms with Gasteiger partial charge < -0.3 is 14.9 Å². The van der Waals surface area contributed by atoms with Gasteiger partial charge in [-0.15, -0.1) is 0 Å². The molecule has 1 rings (SSSR count). The number of halogens is 1. The van der Waals surface area contributed by atoms with Crippen LogP contribution in [0.25, 0.3) is 0 Å². The summed E-state index contributed by atoms with van der Waals surface area (Å²) in [5.74, 6) is 0.608. The van der Waals surface area contributed by atoms with Gasteiger partial charge >= 0.3 is 0 Å². The highest BCUT2D eigenvalue weighted by Gasteiger charge is 2.07. The zero-order valence-electron chi connectivity index (χ0n) is 7.96. The first-order valence-electron chi connectivity index (χ1n) is 4.35. The molecule has 0 spiro atoms. The number of ether oxygens (including phenoxy) is 1. The number of aliphatic hydroxyl groups excluding tert-OH is 1. The molecule has 0 aliphatic heterocycles. The van der Waals surface area contributed by atoms with E-state index in [1.165, 1.54) is 13.2 Å². The molecule has 0 aromatic heterocycles. The van der Waals surface area contributed by atoms with E-state index in [-0.39, 0.29) is 12.4 Å². The van der Waals surface area contributed by atoms with Gasteiger partial charge in [-0.05, 0) is 24.5 Å². The van der Waals surface area contributed by atoms with Gasteiger partial charge in [0.25, 0.3) is 0 Å². The van der Waals surface area contributed by atoms with Gasteiger partial charge in [-0.3, -0.25) is 0 Å². The third kappa shape index (κ3) is 2.53. The quantitative estimate of drug-likeness (QED) is 0.809. The number of hydrogen-bond donors (Lipinski definition) is 2. The van der Waals surface area contributed by atoms with Crippen molar-refractivity contribution in [3.8, 4) is 11.5 Å². The molecule has 0 radical (unpaired) electrons. The molecule has 4 heteroatoms. The Labute approximate surface area is 87.9 Å². The Balaban J connectivity index is 2.90. The third-order valence-corrected chi connectivity index (χ3v) is 2.25. The van der Waals surface area contributed by atoms with Crippen molar-refractivity contribution < 1.29 is 14.9 Å². The van der Waals surface area contributed by atoms with Crippen molar-refractivity contribution in [2.75, 3.05) is 13.7 Å². The van der Waals surface area contributed by atoms with E-state index in [1.54, 1.807) is 6.07 Å². The maximum Gasteiger partial charge on any atom is 0.141 e. The molecule has 2 N–H and O–H groups in total. The van der Waals surface area contributed by atoms with E-state index in [0.29, 0.717) is 23.6 Å². The van der Waals surface area contributed by atoms with E-state index in [1.807, 2.05) is 0 Å². The number of methoxy groups -OCH3 is 1. The van der Waals surface area contributed by atoms with Crippen molar-refractivity contribution in [1.82, 2.24) is 0 Å². The molecule has 1 aromatic rings. The van der Waals surface area contributed by atoms with Crippen LogP contribution < -0.4 is 4.74 Å². The number of phenols is 1. The third-order valence-electron chi connectivity index (χ3n) is 1.96. The maximum atomic E-state index is 9.55. The topological polar surface area (TPSA) is 49.7 Å². The molecule has 0 unspecified atom stereocenters. The van der Waals surface area contributed by atoms with Crippen molar-refractivity contribution in [2.45, 2.75) is 12.8 Å². The molecular weight excluding hydrogens is 204 g/mol. The fourth-order valence-electron chi connectivity index (χ4n) is 1.21. The molecule has 14 heavy (non-hydrogen) atoms. The van der Waals surface area contributed by atoms with Crippen LogP contribution in [0.1, 0.15) is 12.0 Å². The van der Waals surface area contributed by atoms with Crippen molar-refractivity contribution in [1.29, 1.82) is 0 Å². The standard InChI is InChI=1S/C10H13ClO3/c1-14-10-6-9(13)7(3-2-4-12)5-8(10)11/h5-6,12-13H,2-4H2,1H3. The van der Waals surface area contributed by atoms with Crippen LogP contribution in [0.3, 0.4) is 0 Å². The molecule has 0 heterocycles. The minimum absolute atomic E-state index is 0.100. The molecule has 0 fully saturated rings. The van der Waals surface area contributed by atoms with Crippen LogP contribution in [0.5, 0.6) is 11.5 Å². The molecule has 1 aromatic carbocycles. The summed E-state index contributed by atoms with van der Waals surface area (Å²) in [6, 6.07) is 3.14. The van der Waals surface area contributed by atoms with Crippen molar-refractivity contribution in [3.63, 3.8) is 0 Å². The van der Waals surface area contributed by atoms with Crippen LogP contribution in [-0.2, 0) is 6.42 Å². The summed E-state index contributed by atoms with van der Waals surface area (Å²) in [5.41, 5.74) is 0.727. The van der Waals surface area contributed by atoms with Crippen LogP contribution in [-0.4, -0.2) is 23.9 Å². The summed E-state index contributed by atoms with van der Waals surface area (Å²) >= 11 is 5.88. The minimum atomic E-state index is 0.100. The number of aromatic hydroxyl groups is 1. The predicted octanol–water partition coefficient (Wildman–Crippen LogP) is 1.98. The molecule has 0 bridgehead atoms. The Kier molecular flexibility index (Phi) is 4.04. The SMILES string of the molecule is COc1cc(O)c(CCCO)cc1Cl. The Morgan fingerprint density at radius 2 is 2.14 bits per heavy atom. The smallest absolute Gasteiger partial charge is 0.141 e. The average Bonchev–Trinajstić information content (AvgIpc) is 2.18. The van der Waals surface area contributed by atoms with Crippen LogP contribution in [0.15, 0.2) is 12.1 Å². The number of phenolic OH excluding ortho intramolecular Hbond substituents is 1. The van der Waals surface area contributed by atoms with Crippen molar-refractivity contribution >= 4 is 11.6 Å². The maximum absolute atomic E-state index is 9.55. The lowest BCUT2D eigenvalue weighted by molar-refractivity contribution is 0.288.